The fourth-order valence-electron chi connectivity index (χ4n) is 3.25. The van der Waals surface area contributed by atoms with Crippen molar-refractivity contribution in [3.05, 3.63) is 36.2 Å². The summed E-state index contributed by atoms with van der Waals surface area (Å²) in [6.45, 7) is 6.24. The van der Waals surface area contributed by atoms with E-state index in [4.69, 9.17) is 4.74 Å². The van der Waals surface area contributed by atoms with Crippen LogP contribution in [0.5, 0.6) is 5.88 Å². The average Bonchev–Trinajstić information content (AvgIpc) is 3.04. The topological polar surface area (TPSA) is 97.2 Å². The van der Waals surface area contributed by atoms with Gasteiger partial charge in [0.25, 0.3) is 5.91 Å². The number of anilines is 2. The van der Waals surface area contributed by atoms with Crippen molar-refractivity contribution in [1.29, 1.82) is 0 Å². The van der Waals surface area contributed by atoms with Crippen LogP contribution in [0.15, 0.2) is 30.6 Å². The van der Waals surface area contributed by atoms with E-state index in [1.165, 1.54) is 6.20 Å². The van der Waals surface area contributed by atoms with Crippen LogP contribution < -0.4 is 20.3 Å². The van der Waals surface area contributed by atoms with Crippen molar-refractivity contribution in [2.45, 2.75) is 6.92 Å². The third-order valence-electron chi connectivity index (χ3n) is 4.65. The van der Waals surface area contributed by atoms with Gasteiger partial charge in [0.1, 0.15) is 5.82 Å². The molecule has 2 N–H and O–H groups in total. The zero-order chi connectivity index (χ0) is 19.5. The smallest absolute Gasteiger partial charge is 0.258 e. The van der Waals surface area contributed by atoms with Crippen LogP contribution in [0.1, 0.15) is 17.3 Å². The normalized spacial score (nSPS) is 14.3. The zero-order valence-electron chi connectivity index (χ0n) is 16.0. The number of hydrogen-bond donors (Lipinski definition) is 2. The van der Waals surface area contributed by atoms with Crippen LogP contribution in [0.3, 0.4) is 0 Å². The van der Waals surface area contributed by atoms with Gasteiger partial charge in [0.2, 0.25) is 5.88 Å². The number of piperazine rings is 1. The molecular formula is C19H23N7O2. The minimum Gasteiger partial charge on any atom is -0.478 e. The summed E-state index contributed by atoms with van der Waals surface area (Å²) in [5, 5.41) is 11.2. The van der Waals surface area contributed by atoms with Crippen LogP contribution in [0.2, 0.25) is 0 Å². The van der Waals surface area contributed by atoms with Gasteiger partial charge in [-0.2, -0.15) is 0 Å². The second-order valence-corrected chi connectivity index (χ2v) is 6.55. The van der Waals surface area contributed by atoms with Gasteiger partial charge in [-0.05, 0) is 25.1 Å². The zero-order valence-corrected chi connectivity index (χ0v) is 16.0. The molecule has 28 heavy (non-hydrogen) atoms. The van der Waals surface area contributed by atoms with Crippen LogP contribution >= 0.6 is 0 Å². The molecule has 1 aliphatic rings. The summed E-state index contributed by atoms with van der Waals surface area (Å²) in [4.78, 5) is 23.6. The maximum Gasteiger partial charge on any atom is 0.258 e. The largest absolute Gasteiger partial charge is 0.478 e. The van der Waals surface area contributed by atoms with Crippen molar-refractivity contribution in [3.63, 3.8) is 0 Å². The molecular weight excluding hydrogens is 358 g/mol. The monoisotopic (exact) mass is 381 g/mol. The molecule has 3 aromatic rings. The van der Waals surface area contributed by atoms with E-state index in [0.717, 1.165) is 31.9 Å². The molecule has 1 amide bonds. The number of fused-ring (bicyclic) bond motifs is 1. The average molecular weight is 381 g/mol. The van der Waals surface area contributed by atoms with Gasteiger partial charge in [-0.1, -0.05) is 0 Å². The van der Waals surface area contributed by atoms with Crippen molar-refractivity contribution in [3.8, 4) is 5.88 Å². The molecule has 0 atom stereocenters. The molecule has 4 rings (SSSR count). The molecule has 0 saturated carbocycles. The highest BCUT2D eigenvalue weighted by Gasteiger charge is 2.16. The molecule has 1 saturated heterocycles. The number of pyridine rings is 2. The van der Waals surface area contributed by atoms with Crippen molar-refractivity contribution in [2.24, 2.45) is 7.05 Å². The quantitative estimate of drug-likeness (QED) is 0.690. The van der Waals surface area contributed by atoms with Crippen LogP contribution in [0.4, 0.5) is 11.5 Å². The Morgan fingerprint density at radius 1 is 1.25 bits per heavy atom. The molecule has 146 valence electrons. The molecule has 0 spiro atoms. The Bertz CT molecular complexity index is 978. The van der Waals surface area contributed by atoms with Crippen molar-refractivity contribution in [1.82, 2.24) is 25.1 Å². The van der Waals surface area contributed by atoms with E-state index in [1.807, 2.05) is 19.1 Å². The van der Waals surface area contributed by atoms with E-state index >= 15 is 0 Å². The minimum absolute atomic E-state index is 0.275. The third kappa shape index (κ3) is 3.61. The number of carbonyl (C=O) groups is 1. The van der Waals surface area contributed by atoms with Crippen molar-refractivity contribution >= 4 is 28.4 Å². The minimum atomic E-state index is -0.275. The second-order valence-electron chi connectivity index (χ2n) is 6.55. The van der Waals surface area contributed by atoms with Gasteiger partial charge in [0, 0.05) is 39.4 Å². The first-order valence-electron chi connectivity index (χ1n) is 9.34. The molecule has 0 radical (unpaired) electrons. The Morgan fingerprint density at radius 2 is 2.07 bits per heavy atom. The molecule has 0 unspecified atom stereocenters. The van der Waals surface area contributed by atoms with E-state index in [0.29, 0.717) is 34.9 Å². The van der Waals surface area contributed by atoms with Gasteiger partial charge < -0.3 is 20.3 Å². The molecule has 0 aromatic carbocycles. The highest BCUT2D eigenvalue weighted by molar-refractivity contribution is 6.05. The number of aryl methyl sites for hydroxylation is 1. The summed E-state index contributed by atoms with van der Waals surface area (Å²) in [6, 6.07) is 5.53. The Balaban J connectivity index is 1.50. The standard InChI is InChI=1S/C19H23N7O2/c1-3-28-19-15-10-13(11-22-17(15)24-25(19)2)18(27)23-16-5-4-14(12-21-16)26-8-6-20-7-9-26/h4-5,10-12,20H,3,6-9H2,1-2H3,(H,21,23,27). The third-order valence-corrected chi connectivity index (χ3v) is 4.65. The van der Waals surface area contributed by atoms with E-state index < -0.39 is 0 Å². The highest BCUT2D eigenvalue weighted by atomic mass is 16.5. The van der Waals surface area contributed by atoms with Crippen LogP contribution in [0.25, 0.3) is 11.0 Å². The number of rotatable bonds is 5. The number of nitrogens with one attached hydrogen (secondary N) is 2. The fourth-order valence-corrected chi connectivity index (χ4v) is 3.25. The van der Waals surface area contributed by atoms with Crippen molar-refractivity contribution in [2.75, 3.05) is 43.0 Å². The predicted octanol–water partition coefficient (Wildman–Crippen LogP) is 1.42. The lowest BCUT2D eigenvalue weighted by atomic mass is 10.2. The van der Waals surface area contributed by atoms with Gasteiger partial charge in [-0.15, -0.1) is 5.10 Å². The molecule has 9 nitrogen and oxygen atoms in total. The van der Waals surface area contributed by atoms with E-state index in [9.17, 15) is 4.79 Å². The number of ether oxygens (including phenoxy) is 1. The predicted molar refractivity (Wildman–Crippen MR) is 107 cm³/mol. The van der Waals surface area contributed by atoms with Crippen LogP contribution in [-0.4, -0.2) is 58.4 Å². The molecule has 3 aromatic heterocycles. The molecule has 0 bridgehead atoms. The SMILES string of the molecule is CCOc1c2cc(C(=O)Nc3ccc(N4CCNCC4)cn3)cnc2nn1C. The Hall–Kier alpha value is -3.20. The summed E-state index contributed by atoms with van der Waals surface area (Å²) in [5.41, 5.74) is 2.02. The Morgan fingerprint density at radius 3 is 2.79 bits per heavy atom. The maximum absolute atomic E-state index is 12.6. The second kappa shape index (κ2) is 7.81. The number of amides is 1. The first-order chi connectivity index (χ1) is 13.7. The number of carbonyl (C=O) groups excluding carboxylic acids is 1. The van der Waals surface area contributed by atoms with Gasteiger partial charge in [-0.3, -0.25) is 4.79 Å². The van der Waals surface area contributed by atoms with Gasteiger partial charge in [0.15, 0.2) is 5.65 Å². The lowest BCUT2D eigenvalue weighted by Gasteiger charge is -2.29. The van der Waals surface area contributed by atoms with E-state index in [2.05, 4.69) is 30.6 Å². The van der Waals surface area contributed by atoms with Crippen molar-refractivity contribution < 1.29 is 9.53 Å². The number of hydrogen-bond acceptors (Lipinski definition) is 7. The maximum atomic E-state index is 12.6. The summed E-state index contributed by atoms with van der Waals surface area (Å²) in [5.74, 6) is 0.821. The molecule has 1 aliphatic heterocycles. The summed E-state index contributed by atoms with van der Waals surface area (Å²) >= 11 is 0. The summed E-state index contributed by atoms with van der Waals surface area (Å²) < 4.78 is 7.25. The van der Waals surface area contributed by atoms with Crippen LogP contribution in [0, 0.1) is 0 Å². The molecule has 1 fully saturated rings. The highest BCUT2D eigenvalue weighted by Crippen LogP contribution is 2.25. The van der Waals surface area contributed by atoms with Gasteiger partial charge in [-0.25, -0.2) is 14.6 Å². The molecule has 9 heteroatoms. The first kappa shape index (κ1) is 18.2. The Labute approximate surface area is 162 Å². The number of nitrogens with zero attached hydrogens (tertiary/aromatic N) is 5. The summed E-state index contributed by atoms with van der Waals surface area (Å²) in [7, 11) is 1.79. The van der Waals surface area contributed by atoms with Crippen LogP contribution in [-0.2, 0) is 7.05 Å². The lowest BCUT2D eigenvalue weighted by Crippen LogP contribution is -2.43. The lowest BCUT2D eigenvalue weighted by molar-refractivity contribution is 0.102. The van der Waals surface area contributed by atoms with E-state index in [1.54, 1.807) is 24.0 Å². The number of aromatic nitrogens is 4. The van der Waals surface area contributed by atoms with Gasteiger partial charge >= 0.3 is 0 Å². The Kier molecular flexibility index (Phi) is 5.07. The molecule has 0 aliphatic carbocycles. The molecule has 4 heterocycles. The van der Waals surface area contributed by atoms with E-state index in [-0.39, 0.29) is 5.91 Å². The van der Waals surface area contributed by atoms with Gasteiger partial charge in [0.05, 0.1) is 29.4 Å². The first-order valence-corrected chi connectivity index (χ1v) is 9.34. The summed E-state index contributed by atoms with van der Waals surface area (Å²) in [6.07, 6.45) is 3.30. The fraction of sp³-hybridized carbons (Fsp3) is 0.368.